The summed E-state index contributed by atoms with van der Waals surface area (Å²) >= 11 is 1.43. The molecule has 0 radical (unpaired) electrons. The fourth-order valence-corrected chi connectivity index (χ4v) is 2.20. The maximum atomic E-state index is 11.9. The topological polar surface area (TPSA) is 51.2 Å². The first-order valence-corrected chi connectivity index (χ1v) is 6.57. The Kier molecular flexibility index (Phi) is 4.30. The summed E-state index contributed by atoms with van der Waals surface area (Å²) in [6.07, 6.45) is 1.68. The zero-order valence-electron chi connectivity index (χ0n) is 10.00. The van der Waals surface area contributed by atoms with E-state index >= 15 is 0 Å². The van der Waals surface area contributed by atoms with E-state index in [0.717, 1.165) is 5.69 Å². The van der Waals surface area contributed by atoms with Crippen LogP contribution in [0.4, 0.5) is 5.69 Å². The molecule has 94 valence electrons. The predicted molar refractivity (Wildman–Crippen MR) is 71.6 cm³/mol. The zero-order valence-corrected chi connectivity index (χ0v) is 10.8. The Morgan fingerprint density at radius 2 is 2.22 bits per heavy atom. The van der Waals surface area contributed by atoms with Gasteiger partial charge in [-0.05, 0) is 19.1 Å². The predicted octanol–water partition coefficient (Wildman–Crippen LogP) is 2.86. The van der Waals surface area contributed by atoms with Crippen LogP contribution in [-0.2, 0) is 9.53 Å². The summed E-state index contributed by atoms with van der Waals surface area (Å²) in [4.78, 5) is 16.1. The molecule has 0 aliphatic heterocycles. The molecular weight excluding hydrogens is 248 g/mol. The number of carbonyl (C=O) groups is 1. The molecule has 5 heteroatoms. The largest absolute Gasteiger partial charge is 0.464 e. The Labute approximate surface area is 110 Å². The number of nitrogens with zero attached hydrogens (tertiary/aromatic N) is 1. The molecule has 2 rings (SSSR count). The highest BCUT2D eigenvalue weighted by Gasteiger charge is 2.24. The van der Waals surface area contributed by atoms with Crippen molar-refractivity contribution in [3.8, 4) is 0 Å². The average Bonchev–Trinajstić information content (AvgIpc) is 2.91. The highest BCUT2D eigenvalue weighted by Crippen LogP contribution is 2.22. The molecule has 0 aliphatic rings. The summed E-state index contributed by atoms with van der Waals surface area (Å²) in [6.45, 7) is 2.15. The molecule has 1 N–H and O–H groups in total. The van der Waals surface area contributed by atoms with E-state index in [9.17, 15) is 4.79 Å². The molecule has 1 heterocycles. The van der Waals surface area contributed by atoms with Gasteiger partial charge in [-0.1, -0.05) is 18.2 Å². The van der Waals surface area contributed by atoms with Gasteiger partial charge in [-0.3, -0.25) is 0 Å². The number of para-hydroxylation sites is 1. The Morgan fingerprint density at radius 1 is 1.44 bits per heavy atom. The van der Waals surface area contributed by atoms with Crippen LogP contribution in [0.25, 0.3) is 0 Å². The number of esters is 1. The molecule has 1 aromatic carbocycles. The van der Waals surface area contributed by atoms with E-state index in [-0.39, 0.29) is 5.97 Å². The van der Waals surface area contributed by atoms with Gasteiger partial charge < -0.3 is 10.1 Å². The SMILES string of the molecule is CCOC(=O)C(Nc1ccccc1)c1nccs1. The molecule has 2 aromatic rings. The molecule has 0 aliphatic carbocycles. The number of nitrogens with one attached hydrogen (secondary N) is 1. The lowest BCUT2D eigenvalue weighted by Crippen LogP contribution is -2.23. The molecule has 0 fully saturated rings. The number of hydrogen-bond acceptors (Lipinski definition) is 5. The summed E-state index contributed by atoms with van der Waals surface area (Å²) in [5.74, 6) is -0.309. The van der Waals surface area contributed by atoms with Gasteiger partial charge in [0.1, 0.15) is 5.01 Å². The Bertz CT molecular complexity index is 485. The van der Waals surface area contributed by atoms with Gasteiger partial charge >= 0.3 is 5.97 Å². The minimum absolute atomic E-state index is 0.309. The number of carbonyl (C=O) groups excluding carboxylic acids is 1. The van der Waals surface area contributed by atoms with E-state index in [1.165, 1.54) is 11.3 Å². The Morgan fingerprint density at radius 3 is 2.83 bits per heavy atom. The van der Waals surface area contributed by atoms with Crippen LogP contribution in [-0.4, -0.2) is 17.6 Å². The number of anilines is 1. The zero-order chi connectivity index (χ0) is 12.8. The maximum Gasteiger partial charge on any atom is 0.335 e. The molecule has 1 unspecified atom stereocenters. The number of hydrogen-bond donors (Lipinski definition) is 1. The standard InChI is InChI=1S/C13H14N2O2S/c1-2-17-13(16)11(12-14-8-9-18-12)15-10-6-4-3-5-7-10/h3-9,11,15H,2H2,1H3. The van der Waals surface area contributed by atoms with Crippen LogP contribution >= 0.6 is 11.3 Å². The third-order valence-electron chi connectivity index (χ3n) is 2.31. The van der Waals surface area contributed by atoms with Crippen molar-refractivity contribution in [2.45, 2.75) is 13.0 Å². The molecular formula is C13H14N2O2S. The summed E-state index contributed by atoms with van der Waals surface area (Å²) < 4.78 is 5.07. The van der Waals surface area contributed by atoms with Crippen LogP contribution in [0.2, 0.25) is 0 Å². The summed E-state index contributed by atoms with van der Waals surface area (Å²) in [7, 11) is 0. The molecule has 0 bridgehead atoms. The van der Waals surface area contributed by atoms with Crippen LogP contribution in [0, 0.1) is 0 Å². The van der Waals surface area contributed by atoms with Crippen molar-refractivity contribution in [3.63, 3.8) is 0 Å². The number of benzene rings is 1. The fraction of sp³-hybridized carbons (Fsp3) is 0.231. The van der Waals surface area contributed by atoms with Gasteiger partial charge in [0.25, 0.3) is 0 Å². The third-order valence-corrected chi connectivity index (χ3v) is 3.15. The summed E-state index contributed by atoms with van der Waals surface area (Å²) in [6, 6.07) is 9.00. The molecule has 4 nitrogen and oxygen atoms in total. The number of aromatic nitrogens is 1. The first-order valence-electron chi connectivity index (χ1n) is 5.69. The lowest BCUT2D eigenvalue weighted by molar-refractivity contribution is -0.144. The van der Waals surface area contributed by atoms with Gasteiger partial charge in [-0.2, -0.15) is 0 Å². The van der Waals surface area contributed by atoms with Crippen molar-refractivity contribution in [2.75, 3.05) is 11.9 Å². The Hall–Kier alpha value is -1.88. The van der Waals surface area contributed by atoms with Gasteiger partial charge in [0.05, 0.1) is 6.61 Å². The van der Waals surface area contributed by atoms with Gasteiger partial charge in [-0.15, -0.1) is 11.3 Å². The minimum atomic E-state index is -0.549. The highest BCUT2D eigenvalue weighted by atomic mass is 32.1. The normalized spacial score (nSPS) is 11.8. The lowest BCUT2D eigenvalue weighted by Gasteiger charge is -2.16. The maximum absolute atomic E-state index is 11.9. The smallest absolute Gasteiger partial charge is 0.335 e. The van der Waals surface area contributed by atoms with E-state index in [2.05, 4.69) is 10.3 Å². The quantitative estimate of drug-likeness (QED) is 0.842. The van der Waals surface area contributed by atoms with E-state index < -0.39 is 6.04 Å². The number of ether oxygens (including phenoxy) is 1. The number of rotatable bonds is 5. The van der Waals surface area contributed by atoms with E-state index in [1.54, 1.807) is 13.1 Å². The van der Waals surface area contributed by atoms with Gasteiger partial charge in [0, 0.05) is 17.3 Å². The van der Waals surface area contributed by atoms with Crippen LogP contribution in [0.15, 0.2) is 41.9 Å². The molecule has 0 saturated heterocycles. The van der Waals surface area contributed by atoms with Crippen molar-refractivity contribution >= 4 is 23.0 Å². The van der Waals surface area contributed by atoms with E-state index in [1.807, 2.05) is 35.7 Å². The van der Waals surface area contributed by atoms with Gasteiger partial charge in [0.2, 0.25) is 0 Å². The first kappa shape index (κ1) is 12.6. The van der Waals surface area contributed by atoms with E-state index in [4.69, 9.17) is 4.74 Å². The van der Waals surface area contributed by atoms with Crippen molar-refractivity contribution in [2.24, 2.45) is 0 Å². The van der Waals surface area contributed by atoms with Gasteiger partial charge in [-0.25, -0.2) is 9.78 Å². The lowest BCUT2D eigenvalue weighted by atomic mass is 10.2. The van der Waals surface area contributed by atoms with E-state index in [0.29, 0.717) is 11.6 Å². The van der Waals surface area contributed by atoms with Crippen molar-refractivity contribution in [1.29, 1.82) is 0 Å². The third kappa shape index (κ3) is 3.07. The van der Waals surface area contributed by atoms with Crippen molar-refractivity contribution < 1.29 is 9.53 Å². The molecule has 0 spiro atoms. The second kappa shape index (κ2) is 6.16. The van der Waals surface area contributed by atoms with Crippen LogP contribution in [0.3, 0.4) is 0 Å². The van der Waals surface area contributed by atoms with Crippen LogP contribution < -0.4 is 5.32 Å². The molecule has 1 atom stereocenters. The minimum Gasteiger partial charge on any atom is -0.464 e. The molecule has 1 aromatic heterocycles. The van der Waals surface area contributed by atoms with Crippen molar-refractivity contribution in [1.82, 2.24) is 4.98 Å². The fourth-order valence-electron chi connectivity index (χ4n) is 1.53. The number of thiazole rings is 1. The molecule has 0 saturated carbocycles. The van der Waals surface area contributed by atoms with Gasteiger partial charge in [0.15, 0.2) is 6.04 Å². The molecule has 0 amide bonds. The van der Waals surface area contributed by atoms with Crippen molar-refractivity contribution in [3.05, 3.63) is 46.9 Å². The molecule has 18 heavy (non-hydrogen) atoms. The Balaban J connectivity index is 2.18. The summed E-state index contributed by atoms with van der Waals surface area (Å²) in [5, 5.41) is 5.69. The highest BCUT2D eigenvalue weighted by molar-refractivity contribution is 7.09. The average molecular weight is 262 g/mol. The second-order valence-corrected chi connectivity index (χ2v) is 4.49. The van der Waals surface area contributed by atoms with Crippen LogP contribution in [0.5, 0.6) is 0 Å². The monoisotopic (exact) mass is 262 g/mol. The summed E-state index contributed by atoms with van der Waals surface area (Å²) in [5.41, 5.74) is 0.866. The first-order chi connectivity index (χ1) is 8.81. The van der Waals surface area contributed by atoms with Crippen LogP contribution in [0.1, 0.15) is 18.0 Å². The second-order valence-electron chi connectivity index (χ2n) is 3.57.